The molecule has 4 rings (SSSR count). The highest BCUT2D eigenvalue weighted by molar-refractivity contribution is 7.93. The molecule has 0 aliphatic carbocycles. The minimum atomic E-state index is -4.22. The number of anilines is 2. The third-order valence-corrected chi connectivity index (χ3v) is 7.55. The summed E-state index contributed by atoms with van der Waals surface area (Å²) in [5.74, 6) is 0. The van der Waals surface area contributed by atoms with Crippen LogP contribution in [0.5, 0.6) is 0 Å². The first kappa shape index (κ1) is 25.6. The van der Waals surface area contributed by atoms with Crippen LogP contribution in [-0.4, -0.2) is 37.5 Å². The summed E-state index contributed by atoms with van der Waals surface area (Å²) in [5.41, 5.74) is 4.62. The zero-order chi connectivity index (χ0) is 25.5. The quantitative estimate of drug-likeness (QED) is 0.216. The second kappa shape index (κ2) is 11.5. The van der Waals surface area contributed by atoms with Gasteiger partial charge in [-0.25, -0.2) is 8.42 Å². The van der Waals surface area contributed by atoms with Gasteiger partial charge in [0.15, 0.2) is 0 Å². The molecule has 9 nitrogen and oxygen atoms in total. The van der Waals surface area contributed by atoms with Gasteiger partial charge >= 0.3 is 0 Å². The van der Waals surface area contributed by atoms with Crippen molar-refractivity contribution < 1.29 is 13.3 Å². The zero-order valence-corrected chi connectivity index (χ0v) is 21.0. The number of nitro benzene ring substituents is 1. The van der Waals surface area contributed by atoms with Crippen LogP contribution in [0, 0.1) is 10.1 Å². The van der Waals surface area contributed by atoms with Gasteiger partial charge in [0.2, 0.25) is 0 Å². The number of nitrogens with one attached hydrogen (secondary N) is 2. The van der Waals surface area contributed by atoms with E-state index in [0.717, 1.165) is 31.3 Å². The highest BCUT2D eigenvalue weighted by Gasteiger charge is 2.23. The van der Waals surface area contributed by atoms with Gasteiger partial charge < -0.3 is 0 Å². The van der Waals surface area contributed by atoms with Gasteiger partial charge in [-0.2, -0.15) is 5.10 Å². The second-order valence-corrected chi connectivity index (χ2v) is 10.5. The van der Waals surface area contributed by atoms with Gasteiger partial charge in [0, 0.05) is 18.7 Å². The highest BCUT2D eigenvalue weighted by atomic mass is 35.5. The van der Waals surface area contributed by atoms with Crippen LogP contribution in [0.3, 0.4) is 0 Å². The Balaban J connectivity index is 1.50. The van der Waals surface area contributed by atoms with Crippen LogP contribution < -0.4 is 10.1 Å². The number of rotatable bonds is 9. The number of hydrogen-bond acceptors (Lipinski definition) is 7. The lowest BCUT2D eigenvalue weighted by Gasteiger charge is -2.26. The average molecular weight is 528 g/mol. The van der Waals surface area contributed by atoms with Crippen molar-refractivity contribution in [2.45, 2.75) is 30.7 Å². The molecule has 0 bridgehead atoms. The summed E-state index contributed by atoms with van der Waals surface area (Å²) in [5, 5.41) is 15.6. The summed E-state index contributed by atoms with van der Waals surface area (Å²) in [7, 11) is -4.22. The van der Waals surface area contributed by atoms with Crippen LogP contribution in [0.4, 0.5) is 17.1 Å². The highest BCUT2D eigenvalue weighted by Crippen LogP contribution is 2.30. The van der Waals surface area contributed by atoms with E-state index in [1.165, 1.54) is 49.1 Å². The molecular weight excluding hydrogens is 502 g/mol. The van der Waals surface area contributed by atoms with Crippen LogP contribution in [0.1, 0.15) is 30.4 Å². The Kier molecular flexibility index (Phi) is 8.19. The van der Waals surface area contributed by atoms with E-state index in [4.69, 9.17) is 11.6 Å². The maximum absolute atomic E-state index is 13.1. The van der Waals surface area contributed by atoms with Gasteiger partial charge in [-0.1, -0.05) is 54.4 Å². The van der Waals surface area contributed by atoms with Crippen LogP contribution >= 0.6 is 11.6 Å². The molecule has 0 unspecified atom stereocenters. The molecule has 0 aromatic heterocycles. The van der Waals surface area contributed by atoms with E-state index in [0.29, 0.717) is 0 Å². The van der Waals surface area contributed by atoms with Gasteiger partial charge in [0.1, 0.15) is 4.90 Å². The first-order valence-corrected chi connectivity index (χ1v) is 13.3. The molecule has 1 fully saturated rings. The molecule has 2 N–H and O–H groups in total. The monoisotopic (exact) mass is 527 g/mol. The zero-order valence-electron chi connectivity index (χ0n) is 19.4. The van der Waals surface area contributed by atoms with Crippen molar-refractivity contribution in [2.24, 2.45) is 5.10 Å². The molecule has 1 aliphatic rings. The molecule has 0 saturated carbocycles. The first-order valence-electron chi connectivity index (χ1n) is 11.5. The van der Waals surface area contributed by atoms with Crippen LogP contribution in [0.15, 0.2) is 76.7 Å². The molecule has 3 aromatic carbocycles. The van der Waals surface area contributed by atoms with Gasteiger partial charge in [0.05, 0.1) is 27.5 Å². The Morgan fingerprint density at radius 3 is 2.42 bits per heavy atom. The lowest BCUT2D eigenvalue weighted by molar-refractivity contribution is -0.385. The summed E-state index contributed by atoms with van der Waals surface area (Å²) in [4.78, 5) is 12.7. The number of benzene rings is 3. The number of hydrogen-bond donors (Lipinski definition) is 2. The van der Waals surface area contributed by atoms with Gasteiger partial charge in [0.25, 0.3) is 15.7 Å². The number of non-ortho nitro benzene ring substituents is 1. The molecule has 36 heavy (non-hydrogen) atoms. The molecule has 1 saturated heterocycles. The van der Waals surface area contributed by atoms with Crippen molar-refractivity contribution >= 4 is 44.9 Å². The smallest absolute Gasteiger partial charge is 0.270 e. The average Bonchev–Trinajstić information content (AvgIpc) is 2.87. The molecule has 1 heterocycles. The van der Waals surface area contributed by atoms with Crippen molar-refractivity contribution in [3.8, 4) is 0 Å². The van der Waals surface area contributed by atoms with Crippen LogP contribution in [-0.2, 0) is 16.6 Å². The summed E-state index contributed by atoms with van der Waals surface area (Å²) in [6.07, 6.45) is 5.34. The van der Waals surface area contributed by atoms with Crippen LogP contribution in [0.25, 0.3) is 0 Å². The summed E-state index contributed by atoms with van der Waals surface area (Å²) < 4.78 is 28.6. The fraction of sp³-hybridized carbons (Fsp3) is 0.240. The van der Waals surface area contributed by atoms with E-state index in [2.05, 4.69) is 20.1 Å². The van der Waals surface area contributed by atoms with Crippen LogP contribution in [0.2, 0.25) is 5.02 Å². The van der Waals surface area contributed by atoms with Crippen molar-refractivity contribution in [3.63, 3.8) is 0 Å². The Bertz CT molecular complexity index is 1360. The van der Waals surface area contributed by atoms with Crippen molar-refractivity contribution in [2.75, 3.05) is 23.2 Å². The SMILES string of the molecule is O=[N+]([O-])c1ccc(N/N=C/c2ccc(CN3CCCCC3)cc2)c(S(=O)(=O)Nc2ccccc2Cl)c1. The van der Waals surface area contributed by atoms with E-state index < -0.39 is 14.9 Å². The maximum atomic E-state index is 13.1. The molecule has 0 atom stereocenters. The largest absolute Gasteiger partial charge is 0.299 e. The lowest BCUT2D eigenvalue weighted by Crippen LogP contribution is -2.29. The van der Waals surface area contributed by atoms with Crippen molar-refractivity contribution in [3.05, 3.63) is 93.0 Å². The predicted octanol–water partition coefficient (Wildman–Crippen LogP) is 5.48. The number of halogens is 1. The van der Waals surface area contributed by atoms with Crippen molar-refractivity contribution in [1.82, 2.24) is 4.90 Å². The molecule has 0 amide bonds. The standard InChI is InChI=1S/C25H26ClN5O4S/c26-22-6-2-3-7-23(22)29-36(34,35)25-16-21(31(32)33)12-13-24(25)28-27-17-19-8-10-20(11-9-19)18-30-14-4-1-5-15-30/h2-3,6-13,16-17,28-29H,1,4-5,14-15,18H2/b27-17+. The Morgan fingerprint density at radius 1 is 1.00 bits per heavy atom. The minimum absolute atomic E-state index is 0.0816. The predicted molar refractivity (Wildman–Crippen MR) is 142 cm³/mol. The Labute approximate surface area is 215 Å². The fourth-order valence-corrected chi connectivity index (χ4v) is 5.44. The molecule has 11 heteroatoms. The number of likely N-dealkylation sites (tertiary alicyclic amines) is 1. The Hall–Kier alpha value is -3.47. The molecule has 0 spiro atoms. The number of hydrazone groups is 1. The van der Waals surface area contributed by atoms with E-state index >= 15 is 0 Å². The number of sulfonamides is 1. The van der Waals surface area contributed by atoms with Gasteiger partial charge in [-0.15, -0.1) is 0 Å². The number of piperidine rings is 1. The summed E-state index contributed by atoms with van der Waals surface area (Å²) in [6.45, 7) is 3.16. The number of para-hydroxylation sites is 1. The van der Waals surface area contributed by atoms with Gasteiger partial charge in [-0.3, -0.25) is 25.2 Å². The topological polar surface area (TPSA) is 117 Å². The number of nitrogens with zero attached hydrogens (tertiary/aromatic N) is 3. The molecule has 188 valence electrons. The fourth-order valence-electron chi connectivity index (χ4n) is 3.94. The third-order valence-electron chi connectivity index (χ3n) is 5.82. The normalized spacial score (nSPS) is 14.6. The molecular formula is C25H26ClN5O4S. The first-order chi connectivity index (χ1) is 17.3. The summed E-state index contributed by atoms with van der Waals surface area (Å²) >= 11 is 6.08. The van der Waals surface area contributed by atoms with E-state index in [1.807, 2.05) is 24.3 Å². The Morgan fingerprint density at radius 2 is 1.72 bits per heavy atom. The molecule has 3 aromatic rings. The van der Waals surface area contributed by atoms with E-state index in [1.54, 1.807) is 18.3 Å². The number of nitro groups is 1. The van der Waals surface area contributed by atoms with E-state index in [9.17, 15) is 18.5 Å². The van der Waals surface area contributed by atoms with Crippen molar-refractivity contribution in [1.29, 1.82) is 0 Å². The molecule has 1 aliphatic heterocycles. The lowest BCUT2D eigenvalue weighted by atomic mass is 10.1. The third kappa shape index (κ3) is 6.60. The molecule has 0 radical (unpaired) electrons. The second-order valence-electron chi connectivity index (χ2n) is 8.47. The van der Waals surface area contributed by atoms with Gasteiger partial charge in [-0.05, 0) is 55.3 Å². The maximum Gasteiger partial charge on any atom is 0.270 e. The summed E-state index contributed by atoms with van der Waals surface area (Å²) in [6, 6.07) is 17.8. The van der Waals surface area contributed by atoms with E-state index in [-0.39, 0.29) is 27.0 Å². The minimum Gasteiger partial charge on any atom is -0.299 e.